The topological polar surface area (TPSA) is 83.8 Å². The van der Waals surface area contributed by atoms with E-state index in [4.69, 9.17) is 10.2 Å². The van der Waals surface area contributed by atoms with Crippen molar-refractivity contribution in [2.75, 3.05) is 0 Å². The third-order valence-corrected chi connectivity index (χ3v) is 1.42. The number of carboxylic acid groups (broad SMARTS) is 1. The normalized spacial score (nSPS) is 12.8. The smallest absolute Gasteiger partial charge is 0.340 e. The van der Waals surface area contributed by atoms with Gasteiger partial charge in [-0.05, 0) is 19.1 Å². The number of hydrogen-bond donors (Lipinski definition) is 2. The van der Waals surface area contributed by atoms with Crippen LogP contribution in [0.4, 0.5) is 0 Å². The molecule has 0 bridgehead atoms. The number of aliphatic hydroxyl groups excluding tert-OH is 1. The van der Waals surface area contributed by atoms with E-state index in [0.717, 1.165) is 12.2 Å². The number of rotatable bonds is 5. The van der Waals surface area contributed by atoms with Gasteiger partial charge in [0.05, 0.1) is 5.57 Å². The predicted octanol–water partition coefficient (Wildman–Crippen LogP) is 0.621. The van der Waals surface area contributed by atoms with Crippen molar-refractivity contribution in [1.82, 2.24) is 0 Å². The van der Waals surface area contributed by atoms with Gasteiger partial charge in [-0.2, -0.15) is 0 Å². The van der Waals surface area contributed by atoms with Crippen molar-refractivity contribution in [2.24, 2.45) is 0 Å². The molecule has 0 saturated heterocycles. The molecule has 0 amide bonds. The Bertz CT molecular complexity index is 327. The van der Waals surface area contributed by atoms with E-state index in [-0.39, 0.29) is 11.1 Å². The first-order chi connectivity index (χ1) is 6.88. The summed E-state index contributed by atoms with van der Waals surface area (Å²) in [7, 11) is 0. The number of aliphatic hydroxyl groups is 1. The minimum Gasteiger partial charge on any atom is -0.478 e. The van der Waals surface area contributed by atoms with Gasteiger partial charge in [0.25, 0.3) is 0 Å². The SMILES string of the molecule is C=CC(O)OC(=O)C(=C)C=C(C)C(=O)O. The van der Waals surface area contributed by atoms with E-state index in [9.17, 15) is 9.59 Å². The zero-order valence-electron chi connectivity index (χ0n) is 8.27. The Hall–Kier alpha value is -1.88. The minimum absolute atomic E-state index is 0.0509. The van der Waals surface area contributed by atoms with Crippen molar-refractivity contribution >= 4 is 11.9 Å². The van der Waals surface area contributed by atoms with Crippen molar-refractivity contribution in [3.8, 4) is 0 Å². The van der Waals surface area contributed by atoms with Crippen LogP contribution in [0.1, 0.15) is 6.92 Å². The molecule has 0 spiro atoms. The molecule has 5 heteroatoms. The van der Waals surface area contributed by atoms with Gasteiger partial charge >= 0.3 is 11.9 Å². The van der Waals surface area contributed by atoms with Crippen molar-refractivity contribution in [2.45, 2.75) is 13.2 Å². The Kier molecular flexibility index (Phi) is 5.04. The van der Waals surface area contributed by atoms with Gasteiger partial charge in [0.2, 0.25) is 6.29 Å². The molecule has 0 radical (unpaired) electrons. The second kappa shape index (κ2) is 5.77. The Morgan fingerprint density at radius 2 is 2.00 bits per heavy atom. The maximum absolute atomic E-state index is 11.1. The number of carbonyl (C=O) groups is 2. The molecule has 0 aliphatic rings. The summed E-state index contributed by atoms with van der Waals surface area (Å²) in [5.74, 6) is -2.06. The molecule has 0 fully saturated rings. The Balaban J connectivity index is 4.47. The third kappa shape index (κ3) is 4.78. The molecule has 0 aromatic heterocycles. The molecule has 15 heavy (non-hydrogen) atoms. The Morgan fingerprint density at radius 3 is 2.40 bits per heavy atom. The van der Waals surface area contributed by atoms with Crippen LogP contribution >= 0.6 is 0 Å². The number of hydrogen-bond acceptors (Lipinski definition) is 4. The molecule has 0 aromatic rings. The van der Waals surface area contributed by atoms with Crippen LogP contribution in [-0.4, -0.2) is 28.4 Å². The molecule has 2 N–H and O–H groups in total. The lowest BCUT2D eigenvalue weighted by molar-refractivity contribution is -0.155. The monoisotopic (exact) mass is 212 g/mol. The van der Waals surface area contributed by atoms with Gasteiger partial charge in [-0.25, -0.2) is 9.59 Å². The van der Waals surface area contributed by atoms with E-state index < -0.39 is 18.2 Å². The number of ether oxygens (including phenoxy) is 1. The van der Waals surface area contributed by atoms with E-state index in [1.807, 2.05) is 0 Å². The van der Waals surface area contributed by atoms with Crippen LogP contribution in [-0.2, 0) is 14.3 Å². The van der Waals surface area contributed by atoms with Crippen molar-refractivity contribution in [3.05, 3.63) is 36.5 Å². The summed E-state index contributed by atoms with van der Waals surface area (Å²) < 4.78 is 4.40. The number of carbonyl (C=O) groups excluding carboxylic acids is 1. The zero-order valence-corrected chi connectivity index (χ0v) is 8.27. The summed E-state index contributed by atoms with van der Waals surface area (Å²) in [6.45, 7) is 7.81. The second-order valence-electron chi connectivity index (χ2n) is 2.69. The maximum atomic E-state index is 11.1. The molecule has 0 aromatic carbocycles. The van der Waals surface area contributed by atoms with Crippen molar-refractivity contribution < 1.29 is 24.5 Å². The summed E-state index contributed by atoms with van der Waals surface area (Å²) in [5.41, 5.74) is -0.208. The van der Waals surface area contributed by atoms with Crippen LogP contribution in [0.25, 0.3) is 0 Å². The van der Waals surface area contributed by atoms with Crippen LogP contribution in [0.2, 0.25) is 0 Å². The van der Waals surface area contributed by atoms with E-state index in [1.54, 1.807) is 0 Å². The molecule has 1 unspecified atom stereocenters. The number of esters is 1. The lowest BCUT2D eigenvalue weighted by Crippen LogP contribution is -2.16. The third-order valence-electron chi connectivity index (χ3n) is 1.42. The molecule has 0 heterocycles. The average Bonchev–Trinajstić information content (AvgIpc) is 2.16. The van der Waals surface area contributed by atoms with Gasteiger partial charge in [-0.3, -0.25) is 0 Å². The molecule has 0 aliphatic heterocycles. The van der Waals surface area contributed by atoms with Gasteiger partial charge in [-0.15, -0.1) is 0 Å². The first-order valence-corrected chi connectivity index (χ1v) is 4.00. The highest BCUT2D eigenvalue weighted by molar-refractivity contribution is 5.95. The fourth-order valence-corrected chi connectivity index (χ4v) is 0.615. The van der Waals surface area contributed by atoms with Gasteiger partial charge in [0.15, 0.2) is 0 Å². The lowest BCUT2D eigenvalue weighted by Gasteiger charge is -2.07. The van der Waals surface area contributed by atoms with E-state index in [0.29, 0.717) is 0 Å². The quantitative estimate of drug-likeness (QED) is 0.229. The van der Waals surface area contributed by atoms with Crippen LogP contribution < -0.4 is 0 Å². The van der Waals surface area contributed by atoms with Crippen LogP contribution in [0.3, 0.4) is 0 Å². The van der Waals surface area contributed by atoms with Crippen LogP contribution in [0.5, 0.6) is 0 Å². The molecular formula is C10H12O5. The summed E-state index contributed by atoms with van der Waals surface area (Å²) in [5, 5.41) is 17.4. The van der Waals surface area contributed by atoms with E-state index >= 15 is 0 Å². The molecule has 1 atom stereocenters. The van der Waals surface area contributed by atoms with Crippen molar-refractivity contribution in [1.29, 1.82) is 0 Å². The number of aliphatic carboxylic acids is 1. The van der Waals surface area contributed by atoms with E-state index in [2.05, 4.69) is 17.9 Å². The minimum atomic E-state index is -1.42. The predicted molar refractivity (Wildman–Crippen MR) is 52.8 cm³/mol. The van der Waals surface area contributed by atoms with Gasteiger partial charge < -0.3 is 14.9 Å². The summed E-state index contributed by atoms with van der Waals surface area (Å²) in [4.78, 5) is 21.5. The standard InChI is InChI=1S/C10H12O5/c1-4-8(11)15-10(14)7(3)5-6(2)9(12)13/h4-5,8,11H,1,3H2,2H3,(H,12,13). The number of carboxylic acids is 1. The molecule has 82 valence electrons. The van der Waals surface area contributed by atoms with Gasteiger partial charge in [0.1, 0.15) is 0 Å². The first-order valence-electron chi connectivity index (χ1n) is 4.00. The van der Waals surface area contributed by atoms with Crippen molar-refractivity contribution in [3.63, 3.8) is 0 Å². The zero-order chi connectivity index (χ0) is 12.0. The molecular weight excluding hydrogens is 200 g/mol. The Labute approximate surface area is 87.0 Å². The summed E-state index contributed by atoms with van der Waals surface area (Å²) >= 11 is 0. The maximum Gasteiger partial charge on any atom is 0.340 e. The van der Waals surface area contributed by atoms with Crippen LogP contribution in [0, 0.1) is 0 Å². The molecule has 0 aliphatic carbocycles. The highest BCUT2D eigenvalue weighted by atomic mass is 16.6. The second-order valence-corrected chi connectivity index (χ2v) is 2.69. The fourth-order valence-electron chi connectivity index (χ4n) is 0.615. The molecule has 0 rings (SSSR count). The Morgan fingerprint density at radius 1 is 1.47 bits per heavy atom. The lowest BCUT2D eigenvalue weighted by atomic mass is 10.2. The molecule has 0 saturated carbocycles. The largest absolute Gasteiger partial charge is 0.478 e. The highest BCUT2D eigenvalue weighted by Gasteiger charge is 2.11. The summed E-state index contributed by atoms with van der Waals surface area (Å²) in [6.07, 6.45) is 0.646. The fraction of sp³-hybridized carbons (Fsp3) is 0.200. The summed E-state index contributed by atoms with van der Waals surface area (Å²) in [6, 6.07) is 0. The van der Waals surface area contributed by atoms with Gasteiger partial charge in [-0.1, -0.05) is 13.2 Å². The van der Waals surface area contributed by atoms with Crippen LogP contribution in [0.15, 0.2) is 36.5 Å². The van der Waals surface area contributed by atoms with Gasteiger partial charge in [0, 0.05) is 5.57 Å². The molecule has 5 nitrogen and oxygen atoms in total. The highest BCUT2D eigenvalue weighted by Crippen LogP contribution is 2.04. The van der Waals surface area contributed by atoms with E-state index in [1.165, 1.54) is 6.92 Å². The first kappa shape index (κ1) is 13.1. The average molecular weight is 212 g/mol.